The van der Waals surface area contributed by atoms with Crippen LogP contribution >= 0.6 is 0 Å². The second kappa shape index (κ2) is 6.27. The molecule has 20 heavy (non-hydrogen) atoms. The Hall–Kier alpha value is -2.24. The van der Waals surface area contributed by atoms with Crippen molar-refractivity contribution >= 4 is 17.7 Å². The molecule has 2 amide bonds. The molecule has 1 fully saturated rings. The fourth-order valence-corrected chi connectivity index (χ4v) is 2.26. The van der Waals surface area contributed by atoms with Gasteiger partial charge in [-0.2, -0.15) is 0 Å². The van der Waals surface area contributed by atoms with Gasteiger partial charge in [0.25, 0.3) is 0 Å². The lowest BCUT2D eigenvalue weighted by Crippen LogP contribution is -2.42. The van der Waals surface area contributed by atoms with Crippen molar-refractivity contribution in [2.24, 2.45) is 0 Å². The second-order valence-corrected chi connectivity index (χ2v) is 4.58. The third-order valence-corrected chi connectivity index (χ3v) is 3.22. The normalized spacial score (nSPS) is 17.9. The number of nitrogens with one attached hydrogen (secondary N) is 1. The van der Waals surface area contributed by atoms with Gasteiger partial charge in [-0.05, 0) is 44.0 Å². The topological polar surface area (TPSA) is 78.9 Å². The van der Waals surface area contributed by atoms with Gasteiger partial charge in [0, 0.05) is 12.2 Å². The molecule has 1 unspecified atom stereocenters. The first-order valence-corrected chi connectivity index (χ1v) is 6.65. The van der Waals surface area contributed by atoms with Crippen LogP contribution in [0.1, 0.15) is 19.8 Å². The molecule has 1 aliphatic heterocycles. The summed E-state index contributed by atoms with van der Waals surface area (Å²) in [6.45, 7) is 2.95. The lowest BCUT2D eigenvalue weighted by Gasteiger charge is -2.21. The Kier molecular flexibility index (Phi) is 4.45. The Bertz CT molecular complexity index is 486. The minimum Gasteiger partial charge on any atom is -0.494 e. The van der Waals surface area contributed by atoms with Crippen molar-refractivity contribution in [1.82, 2.24) is 4.90 Å². The monoisotopic (exact) mass is 278 g/mol. The molecule has 1 heterocycles. The van der Waals surface area contributed by atoms with Crippen LogP contribution in [0.25, 0.3) is 0 Å². The molecule has 0 saturated carbocycles. The molecule has 2 rings (SSSR count). The summed E-state index contributed by atoms with van der Waals surface area (Å²) >= 11 is 0. The summed E-state index contributed by atoms with van der Waals surface area (Å²) in [7, 11) is 0. The predicted octanol–water partition coefficient (Wildman–Crippen LogP) is 2.17. The van der Waals surface area contributed by atoms with E-state index in [2.05, 4.69) is 5.32 Å². The van der Waals surface area contributed by atoms with Gasteiger partial charge >= 0.3 is 12.0 Å². The quantitative estimate of drug-likeness (QED) is 0.884. The van der Waals surface area contributed by atoms with E-state index in [0.29, 0.717) is 31.7 Å². The van der Waals surface area contributed by atoms with Crippen LogP contribution in [0.2, 0.25) is 0 Å². The Morgan fingerprint density at radius 1 is 1.40 bits per heavy atom. The first-order valence-electron chi connectivity index (χ1n) is 6.65. The van der Waals surface area contributed by atoms with E-state index < -0.39 is 12.0 Å². The Balaban J connectivity index is 1.98. The van der Waals surface area contributed by atoms with Gasteiger partial charge in [-0.15, -0.1) is 0 Å². The van der Waals surface area contributed by atoms with E-state index in [4.69, 9.17) is 9.84 Å². The number of nitrogens with zero attached hydrogens (tertiary/aromatic N) is 1. The standard InChI is InChI=1S/C14H18N2O4/c1-2-20-11-7-5-10(6-8-11)15-14(19)16-9-3-4-12(16)13(17)18/h5-8,12H,2-4,9H2,1H3,(H,15,19)(H,17,18). The maximum absolute atomic E-state index is 12.1. The van der Waals surface area contributed by atoms with E-state index in [9.17, 15) is 9.59 Å². The van der Waals surface area contributed by atoms with Crippen LogP contribution in [0, 0.1) is 0 Å². The molecule has 0 aliphatic carbocycles. The summed E-state index contributed by atoms with van der Waals surface area (Å²) in [5.41, 5.74) is 0.620. The van der Waals surface area contributed by atoms with Crippen molar-refractivity contribution in [2.75, 3.05) is 18.5 Å². The summed E-state index contributed by atoms with van der Waals surface area (Å²) in [5.74, 6) is -0.223. The highest BCUT2D eigenvalue weighted by molar-refractivity contribution is 5.92. The van der Waals surface area contributed by atoms with Gasteiger partial charge in [-0.1, -0.05) is 0 Å². The molecule has 1 saturated heterocycles. The number of anilines is 1. The minimum atomic E-state index is -0.954. The van der Waals surface area contributed by atoms with Crippen molar-refractivity contribution in [3.05, 3.63) is 24.3 Å². The lowest BCUT2D eigenvalue weighted by molar-refractivity contribution is -0.141. The molecule has 6 nitrogen and oxygen atoms in total. The number of rotatable bonds is 4. The van der Waals surface area contributed by atoms with Crippen LogP contribution in [0.4, 0.5) is 10.5 Å². The van der Waals surface area contributed by atoms with Crippen molar-refractivity contribution in [2.45, 2.75) is 25.8 Å². The highest BCUT2D eigenvalue weighted by atomic mass is 16.5. The van der Waals surface area contributed by atoms with Gasteiger partial charge in [-0.3, -0.25) is 0 Å². The zero-order valence-electron chi connectivity index (χ0n) is 11.3. The van der Waals surface area contributed by atoms with Crippen LogP contribution in [0.15, 0.2) is 24.3 Å². The Morgan fingerprint density at radius 2 is 2.10 bits per heavy atom. The number of carbonyl (C=O) groups excluding carboxylic acids is 1. The molecule has 0 radical (unpaired) electrons. The van der Waals surface area contributed by atoms with Gasteiger partial charge in [0.05, 0.1) is 6.61 Å². The van der Waals surface area contributed by atoms with Crippen LogP contribution in [0.5, 0.6) is 5.75 Å². The average Bonchev–Trinajstić information content (AvgIpc) is 2.91. The Morgan fingerprint density at radius 3 is 2.70 bits per heavy atom. The largest absolute Gasteiger partial charge is 0.494 e. The number of carboxylic acids is 1. The van der Waals surface area contributed by atoms with Crippen LogP contribution in [-0.4, -0.2) is 41.2 Å². The summed E-state index contributed by atoms with van der Waals surface area (Å²) in [4.78, 5) is 24.5. The predicted molar refractivity (Wildman–Crippen MR) is 74.0 cm³/mol. The number of amides is 2. The van der Waals surface area contributed by atoms with Gasteiger partial charge in [0.15, 0.2) is 0 Å². The molecule has 1 atom stereocenters. The van der Waals surface area contributed by atoms with Crippen LogP contribution in [0.3, 0.4) is 0 Å². The number of hydrogen-bond donors (Lipinski definition) is 2. The zero-order valence-corrected chi connectivity index (χ0v) is 11.3. The maximum Gasteiger partial charge on any atom is 0.326 e. The number of hydrogen-bond acceptors (Lipinski definition) is 3. The molecule has 108 valence electrons. The number of likely N-dealkylation sites (tertiary alicyclic amines) is 1. The van der Waals surface area contributed by atoms with Gasteiger partial charge in [0.1, 0.15) is 11.8 Å². The summed E-state index contributed by atoms with van der Waals surface area (Å²) in [6, 6.07) is 5.88. The number of benzene rings is 1. The Labute approximate surface area is 117 Å². The number of aliphatic carboxylic acids is 1. The number of carbonyl (C=O) groups is 2. The molecule has 1 aliphatic rings. The lowest BCUT2D eigenvalue weighted by atomic mass is 10.2. The smallest absolute Gasteiger partial charge is 0.326 e. The van der Waals surface area contributed by atoms with E-state index in [-0.39, 0.29) is 6.03 Å². The maximum atomic E-state index is 12.1. The molecule has 0 spiro atoms. The first-order chi connectivity index (χ1) is 9.61. The summed E-state index contributed by atoms with van der Waals surface area (Å²) in [6.07, 6.45) is 1.22. The number of carboxylic acid groups (broad SMARTS) is 1. The highest BCUT2D eigenvalue weighted by Crippen LogP contribution is 2.20. The first kappa shape index (κ1) is 14.2. The van der Waals surface area contributed by atoms with E-state index in [0.717, 1.165) is 5.75 Å². The highest BCUT2D eigenvalue weighted by Gasteiger charge is 2.33. The minimum absolute atomic E-state index is 0.376. The molecule has 1 aromatic rings. The fraction of sp³-hybridized carbons (Fsp3) is 0.429. The van der Waals surface area contributed by atoms with Crippen LogP contribution < -0.4 is 10.1 Å². The third-order valence-electron chi connectivity index (χ3n) is 3.22. The average molecular weight is 278 g/mol. The van der Waals surface area contributed by atoms with Crippen molar-refractivity contribution in [3.63, 3.8) is 0 Å². The number of ether oxygens (including phenoxy) is 1. The summed E-state index contributed by atoms with van der Waals surface area (Å²) < 4.78 is 5.31. The molecular formula is C14H18N2O4. The van der Waals surface area contributed by atoms with Gasteiger partial charge in [-0.25, -0.2) is 9.59 Å². The third kappa shape index (κ3) is 3.20. The van der Waals surface area contributed by atoms with E-state index in [1.807, 2.05) is 6.92 Å². The molecule has 0 aromatic heterocycles. The van der Waals surface area contributed by atoms with E-state index >= 15 is 0 Å². The molecular weight excluding hydrogens is 260 g/mol. The molecule has 2 N–H and O–H groups in total. The van der Waals surface area contributed by atoms with Crippen molar-refractivity contribution in [3.8, 4) is 5.75 Å². The van der Waals surface area contributed by atoms with Gasteiger partial charge < -0.3 is 20.1 Å². The molecule has 1 aromatic carbocycles. The van der Waals surface area contributed by atoms with E-state index in [1.54, 1.807) is 24.3 Å². The fourth-order valence-electron chi connectivity index (χ4n) is 2.26. The van der Waals surface area contributed by atoms with Crippen molar-refractivity contribution in [1.29, 1.82) is 0 Å². The van der Waals surface area contributed by atoms with Crippen LogP contribution in [-0.2, 0) is 4.79 Å². The SMILES string of the molecule is CCOc1ccc(NC(=O)N2CCCC2C(=O)O)cc1. The van der Waals surface area contributed by atoms with Crippen molar-refractivity contribution < 1.29 is 19.4 Å². The number of urea groups is 1. The van der Waals surface area contributed by atoms with E-state index in [1.165, 1.54) is 4.90 Å². The van der Waals surface area contributed by atoms with Gasteiger partial charge in [0.2, 0.25) is 0 Å². The zero-order chi connectivity index (χ0) is 14.5. The summed E-state index contributed by atoms with van der Waals surface area (Å²) in [5, 5.41) is 11.8. The molecule has 0 bridgehead atoms. The molecule has 6 heteroatoms. The second-order valence-electron chi connectivity index (χ2n) is 4.58.